The zero-order valence-electron chi connectivity index (χ0n) is 2.57. The van der Waals surface area contributed by atoms with Gasteiger partial charge in [0.05, 0.1) is 0 Å². The Morgan fingerprint density at radius 3 is 1.67 bits per heavy atom. The highest BCUT2D eigenvalue weighted by Gasteiger charge is 2.00. The predicted octanol–water partition coefficient (Wildman–Crippen LogP) is 0.713. The molecule has 0 atom stereocenters. The molecular formula is C2ClIO2. The average Bonchev–Trinajstić information content (AvgIpc) is 1.36. The summed E-state index contributed by atoms with van der Waals surface area (Å²) in [6, 6.07) is 0. The van der Waals surface area contributed by atoms with Crippen molar-refractivity contribution in [3.05, 3.63) is 0 Å². The van der Waals surface area contributed by atoms with Crippen molar-refractivity contribution >= 4 is 43.2 Å². The highest BCUT2D eigenvalue weighted by molar-refractivity contribution is 14.1. The van der Waals surface area contributed by atoms with E-state index in [1.165, 1.54) is 22.6 Å². The minimum Gasteiger partial charge on any atom is -0.277 e. The van der Waals surface area contributed by atoms with Crippen LogP contribution in [-0.4, -0.2) is 9.03 Å². The van der Waals surface area contributed by atoms with Crippen molar-refractivity contribution in [2.24, 2.45) is 0 Å². The van der Waals surface area contributed by atoms with Crippen LogP contribution >= 0.6 is 34.2 Å². The first-order chi connectivity index (χ1) is 2.64. The Morgan fingerprint density at radius 1 is 1.50 bits per heavy atom. The third kappa shape index (κ3) is 2.59. The first kappa shape index (κ1) is 6.36. The molecule has 4 heteroatoms. The van der Waals surface area contributed by atoms with Crippen molar-refractivity contribution in [1.29, 1.82) is 0 Å². The fourth-order valence-electron chi connectivity index (χ4n) is 0. The summed E-state index contributed by atoms with van der Waals surface area (Å²) in [6.45, 7) is 0. The van der Waals surface area contributed by atoms with Crippen LogP contribution in [0.4, 0.5) is 0 Å². The van der Waals surface area contributed by atoms with Crippen LogP contribution in [0.15, 0.2) is 0 Å². The lowest BCUT2D eigenvalue weighted by Crippen LogP contribution is -1.93. The van der Waals surface area contributed by atoms with E-state index in [1.54, 1.807) is 0 Å². The fraction of sp³-hybridized carbons (Fsp3) is 0. The van der Waals surface area contributed by atoms with Gasteiger partial charge in [-0.2, -0.15) is 0 Å². The fourth-order valence-corrected chi connectivity index (χ4v) is 0. The Morgan fingerprint density at radius 2 is 1.67 bits per heavy atom. The van der Waals surface area contributed by atoms with Crippen molar-refractivity contribution in [1.82, 2.24) is 0 Å². The molecule has 0 heterocycles. The number of carbonyl (C=O) groups is 2. The maximum atomic E-state index is 9.65. The molecule has 0 aliphatic carbocycles. The summed E-state index contributed by atoms with van der Waals surface area (Å²) in [5.41, 5.74) is 0. The number of hydrogen-bond acceptors (Lipinski definition) is 2. The van der Waals surface area contributed by atoms with Gasteiger partial charge in [0.15, 0.2) is 0 Å². The van der Waals surface area contributed by atoms with E-state index < -0.39 is 9.03 Å². The third-order valence-electron chi connectivity index (χ3n) is 0.155. The van der Waals surface area contributed by atoms with Crippen molar-refractivity contribution < 1.29 is 9.59 Å². The second kappa shape index (κ2) is 2.52. The molecule has 2 nitrogen and oxygen atoms in total. The zero-order chi connectivity index (χ0) is 5.15. The van der Waals surface area contributed by atoms with E-state index in [-0.39, 0.29) is 0 Å². The van der Waals surface area contributed by atoms with Gasteiger partial charge >= 0.3 is 0 Å². The first-order valence-electron chi connectivity index (χ1n) is 1.04. The quantitative estimate of drug-likeness (QED) is 0.369. The standard InChI is InChI=1S/C2ClIO2/c3-1(5)2(4)6. The molecule has 0 amide bonds. The lowest BCUT2D eigenvalue weighted by Gasteiger charge is -1.67. The van der Waals surface area contributed by atoms with Crippen LogP contribution in [-0.2, 0) is 9.59 Å². The van der Waals surface area contributed by atoms with E-state index >= 15 is 0 Å². The average molecular weight is 218 g/mol. The van der Waals surface area contributed by atoms with E-state index in [0.29, 0.717) is 0 Å². The van der Waals surface area contributed by atoms with Crippen LogP contribution in [0.2, 0.25) is 0 Å². The molecule has 0 unspecified atom stereocenters. The van der Waals surface area contributed by atoms with Gasteiger partial charge in [-0.05, 0) is 11.6 Å². The normalized spacial score (nSPS) is 7.67. The summed E-state index contributed by atoms with van der Waals surface area (Å²) in [4.78, 5) is 19.2. The van der Waals surface area contributed by atoms with Crippen LogP contribution in [0.1, 0.15) is 0 Å². The summed E-state index contributed by atoms with van der Waals surface area (Å²) in [5, 5.41) is -0.921. The molecule has 0 aromatic rings. The van der Waals surface area contributed by atoms with Crippen LogP contribution in [0, 0.1) is 0 Å². The number of halogens is 2. The van der Waals surface area contributed by atoms with Gasteiger partial charge < -0.3 is 0 Å². The van der Waals surface area contributed by atoms with Crippen LogP contribution in [0.3, 0.4) is 0 Å². The van der Waals surface area contributed by atoms with E-state index in [1.807, 2.05) is 0 Å². The van der Waals surface area contributed by atoms with Gasteiger partial charge in [0.25, 0.3) is 9.03 Å². The van der Waals surface area contributed by atoms with E-state index in [4.69, 9.17) is 0 Å². The molecule has 0 radical (unpaired) electrons. The Bertz CT molecular complexity index is 77.5. The van der Waals surface area contributed by atoms with Crippen molar-refractivity contribution in [3.63, 3.8) is 0 Å². The van der Waals surface area contributed by atoms with Crippen LogP contribution < -0.4 is 0 Å². The second-order valence-electron chi connectivity index (χ2n) is 0.547. The van der Waals surface area contributed by atoms with Gasteiger partial charge in [0.2, 0.25) is 0 Å². The summed E-state index contributed by atoms with van der Waals surface area (Å²) in [5.74, 6) is 0. The topological polar surface area (TPSA) is 34.1 Å². The van der Waals surface area contributed by atoms with Crippen molar-refractivity contribution in [2.75, 3.05) is 0 Å². The van der Waals surface area contributed by atoms with Gasteiger partial charge in [0.1, 0.15) is 0 Å². The lowest BCUT2D eigenvalue weighted by atomic mass is 10.9. The molecule has 0 N–H and O–H groups in total. The van der Waals surface area contributed by atoms with Gasteiger partial charge in [-0.25, -0.2) is 0 Å². The second-order valence-corrected chi connectivity index (χ2v) is 1.87. The lowest BCUT2D eigenvalue weighted by molar-refractivity contribution is -0.125. The number of carbonyl (C=O) groups excluding carboxylic acids is 2. The Kier molecular flexibility index (Phi) is 2.67. The zero-order valence-corrected chi connectivity index (χ0v) is 5.49. The maximum absolute atomic E-state index is 9.65. The maximum Gasteiger partial charge on any atom is 0.298 e. The van der Waals surface area contributed by atoms with Crippen molar-refractivity contribution in [2.45, 2.75) is 0 Å². The Hall–Kier alpha value is 0.360. The first-order valence-corrected chi connectivity index (χ1v) is 2.49. The molecule has 0 fully saturated rings. The van der Waals surface area contributed by atoms with Crippen molar-refractivity contribution in [3.8, 4) is 0 Å². The van der Waals surface area contributed by atoms with Crippen LogP contribution in [0.5, 0.6) is 0 Å². The summed E-state index contributed by atoms with van der Waals surface area (Å²) >= 11 is 5.93. The molecule has 6 heavy (non-hydrogen) atoms. The monoisotopic (exact) mass is 218 g/mol. The Labute approximate surface area is 53.0 Å². The SMILES string of the molecule is O=C(Cl)C(=O)I. The molecule has 0 saturated heterocycles. The molecular weight excluding hydrogens is 218 g/mol. The largest absolute Gasteiger partial charge is 0.298 e. The number of hydrogen-bond donors (Lipinski definition) is 0. The predicted molar refractivity (Wildman–Crippen MR) is 29.9 cm³/mol. The highest BCUT2D eigenvalue weighted by Crippen LogP contribution is 1.89. The molecule has 34 valence electrons. The van der Waals surface area contributed by atoms with Gasteiger partial charge in [-0.15, -0.1) is 0 Å². The minimum absolute atomic E-state index is 0.644. The van der Waals surface area contributed by atoms with E-state index in [0.717, 1.165) is 0 Å². The smallest absolute Gasteiger partial charge is 0.277 e. The number of rotatable bonds is 1. The van der Waals surface area contributed by atoms with Gasteiger partial charge in [0, 0.05) is 22.6 Å². The van der Waals surface area contributed by atoms with Crippen LogP contribution in [0.25, 0.3) is 0 Å². The molecule has 0 aromatic carbocycles. The summed E-state index contributed by atoms with van der Waals surface area (Å²) in [7, 11) is 0. The minimum atomic E-state index is -0.921. The molecule has 0 aliphatic heterocycles. The highest BCUT2D eigenvalue weighted by atomic mass is 127. The Balaban J connectivity index is 3.57. The molecule has 0 rings (SSSR count). The molecule has 0 saturated carbocycles. The van der Waals surface area contributed by atoms with E-state index in [9.17, 15) is 9.59 Å². The molecule has 0 spiro atoms. The molecule has 0 aliphatic rings. The van der Waals surface area contributed by atoms with Gasteiger partial charge in [-0.3, -0.25) is 9.59 Å². The van der Waals surface area contributed by atoms with Gasteiger partial charge in [-0.1, -0.05) is 0 Å². The van der Waals surface area contributed by atoms with E-state index in [2.05, 4.69) is 11.6 Å². The third-order valence-corrected chi connectivity index (χ3v) is 1.13. The summed E-state index contributed by atoms with van der Waals surface area (Å²) < 4.78 is -0.644. The summed E-state index contributed by atoms with van der Waals surface area (Å²) in [6.07, 6.45) is 0. The molecule has 0 bridgehead atoms. The molecule has 0 aromatic heterocycles.